The fraction of sp³-hybridized carbons (Fsp3) is 0.294. The maximum absolute atomic E-state index is 13.0. The van der Waals surface area contributed by atoms with E-state index in [1.54, 1.807) is 48.5 Å². The molecule has 2 N–H and O–H groups in total. The molecule has 3 rings (SSSR count). The van der Waals surface area contributed by atoms with Crippen LogP contribution >= 0.6 is 11.6 Å². The molecule has 4 nitrogen and oxygen atoms in total. The molecule has 6 heteroatoms. The summed E-state index contributed by atoms with van der Waals surface area (Å²) in [5.41, 5.74) is 6.27. The fourth-order valence-electron chi connectivity index (χ4n) is 3.25. The number of ether oxygens (including phenoxy) is 1. The van der Waals surface area contributed by atoms with E-state index in [0.29, 0.717) is 5.02 Å². The van der Waals surface area contributed by atoms with Crippen LogP contribution in [-0.4, -0.2) is 32.9 Å². The van der Waals surface area contributed by atoms with Crippen LogP contribution in [0.5, 0.6) is 0 Å². The van der Waals surface area contributed by atoms with Crippen LogP contribution in [0.2, 0.25) is 5.02 Å². The van der Waals surface area contributed by atoms with Crippen LogP contribution in [-0.2, 0) is 14.6 Å². The Labute approximate surface area is 141 Å². The van der Waals surface area contributed by atoms with Gasteiger partial charge in [0.2, 0.25) is 0 Å². The summed E-state index contributed by atoms with van der Waals surface area (Å²) in [7, 11) is -2.03. The van der Waals surface area contributed by atoms with Gasteiger partial charge in [-0.1, -0.05) is 41.9 Å². The second kappa shape index (κ2) is 5.91. The van der Waals surface area contributed by atoms with Gasteiger partial charge in [-0.3, -0.25) is 0 Å². The highest BCUT2D eigenvalue weighted by Crippen LogP contribution is 2.55. The average molecular weight is 352 g/mol. The van der Waals surface area contributed by atoms with E-state index in [4.69, 9.17) is 22.1 Å². The molecule has 1 aliphatic carbocycles. The van der Waals surface area contributed by atoms with E-state index >= 15 is 0 Å². The molecule has 1 fully saturated rings. The Morgan fingerprint density at radius 2 is 1.87 bits per heavy atom. The van der Waals surface area contributed by atoms with E-state index in [9.17, 15) is 8.42 Å². The van der Waals surface area contributed by atoms with Crippen molar-refractivity contribution in [3.8, 4) is 0 Å². The molecule has 1 saturated carbocycles. The third-order valence-electron chi connectivity index (χ3n) is 4.31. The van der Waals surface area contributed by atoms with Crippen LogP contribution in [0, 0.1) is 0 Å². The number of sulfone groups is 1. The number of hydrogen-bond donors (Lipinski definition) is 1. The summed E-state index contributed by atoms with van der Waals surface area (Å²) in [5, 5.41) is -0.166. The highest BCUT2D eigenvalue weighted by Gasteiger charge is 2.69. The van der Waals surface area contributed by atoms with Crippen LogP contribution in [0.25, 0.3) is 0 Å². The van der Waals surface area contributed by atoms with Crippen molar-refractivity contribution in [2.75, 3.05) is 13.7 Å². The summed E-state index contributed by atoms with van der Waals surface area (Å²) in [6.45, 7) is 0.168. The van der Waals surface area contributed by atoms with E-state index in [-0.39, 0.29) is 17.4 Å². The number of methoxy groups -OCH3 is 1. The zero-order chi connectivity index (χ0) is 16.7. The van der Waals surface area contributed by atoms with Gasteiger partial charge < -0.3 is 10.5 Å². The van der Waals surface area contributed by atoms with Gasteiger partial charge in [0, 0.05) is 18.1 Å². The molecular formula is C17H18ClNO3S. The lowest BCUT2D eigenvalue weighted by Crippen LogP contribution is -2.35. The van der Waals surface area contributed by atoms with Crippen LogP contribution < -0.4 is 5.73 Å². The predicted octanol–water partition coefficient (Wildman–Crippen LogP) is 2.62. The highest BCUT2D eigenvalue weighted by molar-refractivity contribution is 7.92. The SMILES string of the molecule is COC[C@]1(N)[C@@H](c2cccc(Cl)c2)[C@@H]1S(=O)(=O)c1ccccc1. The molecule has 2 aromatic rings. The van der Waals surface area contributed by atoms with Gasteiger partial charge in [-0.2, -0.15) is 0 Å². The standard InChI is InChI=1S/C17H18ClNO3S/c1-22-11-17(19)15(12-6-5-7-13(18)10-12)16(17)23(20,21)14-8-3-2-4-9-14/h2-10,15-16H,11,19H2,1H3/t15-,16-,17-/m0/s1. The first-order chi connectivity index (χ1) is 10.9. The Morgan fingerprint density at radius 3 is 2.48 bits per heavy atom. The lowest BCUT2D eigenvalue weighted by atomic mass is 10.1. The van der Waals surface area contributed by atoms with Gasteiger partial charge in [-0.25, -0.2) is 8.42 Å². The Hall–Kier alpha value is -1.40. The second-order valence-corrected chi connectivity index (χ2v) is 8.36. The van der Waals surface area contributed by atoms with Gasteiger partial charge in [0.25, 0.3) is 0 Å². The van der Waals surface area contributed by atoms with E-state index in [1.165, 1.54) is 7.11 Å². The smallest absolute Gasteiger partial charge is 0.183 e. The Kier molecular flexibility index (Phi) is 4.23. The minimum absolute atomic E-state index is 0.168. The normalized spacial score (nSPS) is 26.9. The molecule has 3 atom stereocenters. The zero-order valence-electron chi connectivity index (χ0n) is 12.6. The predicted molar refractivity (Wildman–Crippen MR) is 90.4 cm³/mol. The molecule has 0 bridgehead atoms. The first-order valence-electron chi connectivity index (χ1n) is 7.23. The van der Waals surface area contributed by atoms with Gasteiger partial charge in [0.1, 0.15) is 0 Å². The van der Waals surface area contributed by atoms with Crippen molar-refractivity contribution >= 4 is 21.4 Å². The number of rotatable bonds is 5. The summed E-state index contributed by atoms with van der Waals surface area (Å²) >= 11 is 6.04. The number of benzene rings is 2. The maximum Gasteiger partial charge on any atom is 0.183 e. The van der Waals surface area contributed by atoms with E-state index in [0.717, 1.165) is 5.56 Å². The molecule has 0 unspecified atom stereocenters. The molecule has 0 heterocycles. The topological polar surface area (TPSA) is 69.4 Å². The first-order valence-corrected chi connectivity index (χ1v) is 9.16. The average Bonchev–Trinajstić information content (AvgIpc) is 3.15. The molecule has 0 radical (unpaired) electrons. The van der Waals surface area contributed by atoms with Crippen LogP contribution in [0.3, 0.4) is 0 Å². The minimum Gasteiger partial charge on any atom is -0.383 e. The number of halogens is 1. The Bertz CT molecular complexity index is 810. The van der Waals surface area contributed by atoms with Crippen molar-refractivity contribution in [1.29, 1.82) is 0 Å². The van der Waals surface area contributed by atoms with Gasteiger partial charge >= 0.3 is 0 Å². The number of hydrogen-bond acceptors (Lipinski definition) is 4. The van der Waals surface area contributed by atoms with E-state index < -0.39 is 20.6 Å². The van der Waals surface area contributed by atoms with Gasteiger partial charge in [-0.05, 0) is 29.8 Å². The molecular weight excluding hydrogens is 334 g/mol. The molecule has 0 aromatic heterocycles. The van der Waals surface area contributed by atoms with E-state index in [1.807, 2.05) is 6.07 Å². The molecule has 1 aliphatic rings. The van der Waals surface area contributed by atoms with Gasteiger partial charge in [0.05, 0.1) is 22.3 Å². The largest absolute Gasteiger partial charge is 0.383 e. The fourth-order valence-corrected chi connectivity index (χ4v) is 5.77. The lowest BCUT2D eigenvalue weighted by molar-refractivity contribution is 0.171. The van der Waals surface area contributed by atoms with Gasteiger partial charge in [0.15, 0.2) is 9.84 Å². The van der Waals surface area contributed by atoms with Crippen molar-refractivity contribution in [2.24, 2.45) is 5.73 Å². The maximum atomic E-state index is 13.0. The quantitative estimate of drug-likeness (QED) is 0.899. The summed E-state index contributed by atoms with van der Waals surface area (Å²) in [6.07, 6.45) is 0. The zero-order valence-corrected chi connectivity index (χ0v) is 14.2. The lowest BCUT2D eigenvalue weighted by Gasteiger charge is -2.11. The summed E-state index contributed by atoms with van der Waals surface area (Å²) in [5.74, 6) is -0.341. The molecule has 0 saturated heterocycles. The highest BCUT2D eigenvalue weighted by atomic mass is 35.5. The second-order valence-electron chi connectivity index (χ2n) is 5.86. The summed E-state index contributed by atoms with van der Waals surface area (Å²) < 4.78 is 31.2. The van der Waals surface area contributed by atoms with Crippen molar-refractivity contribution in [1.82, 2.24) is 0 Å². The number of nitrogens with two attached hydrogens (primary N) is 1. The molecule has 122 valence electrons. The van der Waals surface area contributed by atoms with Crippen LogP contribution in [0.15, 0.2) is 59.5 Å². The molecule has 0 spiro atoms. The van der Waals surface area contributed by atoms with Crippen molar-refractivity contribution < 1.29 is 13.2 Å². The molecule has 2 aromatic carbocycles. The van der Waals surface area contributed by atoms with E-state index in [2.05, 4.69) is 0 Å². The third kappa shape index (κ3) is 2.78. The van der Waals surface area contributed by atoms with Gasteiger partial charge in [-0.15, -0.1) is 0 Å². The Morgan fingerprint density at radius 1 is 1.17 bits per heavy atom. The minimum atomic E-state index is -3.55. The third-order valence-corrected chi connectivity index (χ3v) is 6.85. The Balaban J connectivity index is 2.04. The first kappa shape index (κ1) is 16.5. The molecule has 23 heavy (non-hydrogen) atoms. The van der Waals surface area contributed by atoms with Crippen LogP contribution in [0.4, 0.5) is 0 Å². The van der Waals surface area contributed by atoms with Crippen molar-refractivity contribution in [2.45, 2.75) is 21.6 Å². The van der Waals surface area contributed by atoms with Crippen molar-refractivity contribution in [3.05, 3.63) is 65.2 Å². The molecule has 0 aliphatic heterocycles. The summed E-state index contributed by atoms with van der Waals surface area (Å²) in [6, 6.07) is 15.6. The monoisotopic (exact) mass is 351 g/mol. The molecule has 0 amide bonds. The van der Waals surface area contributed by atoms with Crippen molar-refractivity contribution in [3.63, 3.8) is 0 Å². The van der Waals surface area contributed by atoms with Crippen LogP contribution in [0.1, 0.15) is 11.5 Å². The summed E-state index contributed by atoms with van der Waals surface area (Å²) in [4.78, 5) is 0.278.